The lowest BCUT2D eigenvalue weighted by molar-refractivity contribution is 0.0953. The molecule has 28 heavy (non-hydrogen) atoms. The Labute approximate surface area is 168 Å². The van der Waals surface area contributed by atoms with Crippen LogP contribution in [0.15, 0.2) is 48.5 Å². The Morgan fingerprint density at radius 1 is 1.11 bits per heavy atom. The standard InChI is InChI=1S/C24H31N3O/c28-24(21-12-10-19(11-13-21)22-7-3-14-25-18-22)26-15-5-17-27-16-4-8-20-6-1-2-9-23(20)27/h1-2,6,9-13,22,25H,3-5,7-8,14-18H2,(H,26,28)/t22-/m0/s1. The molecule has 2 aliphatic heterocycles. The quantitative estimate of drug-likeness (QED) is 0.754. The molecule has 1 amide bonds. The Balaban J connectivity index is 1.24. The van der Waals surface area contributed by atoms with Crippen LogP contribution in [0.2, 0.25) is 0 Å². The third kappa shape index (κ3) is 4.56. The van der Waals surface area contributed by atoms with Crippen molar-refractivity contribution in [1.29, 1.82) is 0 Å². The molecule has 0 saturated carbocycles. The van der Waals surface area contributed by atoms with Gasteiger partial charge in [0.1, 0.15) is 0 Å². The molecule has 0 unspecified atom stereocenters. The van der Waals surface area contributed by atoms with E-state index in [1.807, 2.05) is 12.1 Å². The first kappa shape index (κ1) is 19.0. The molecule has 0 aromatic heterocycles. The molecule has 2 aromatic rings. The van der Waals surface area contributed by atoms with Crippen molar-refractivity contribution in [3.05, 3.63) is 65.2 Å². The number of para-hydroxylation sites is 1. The van der Waals surface area contributed by atoms with E-state index in [1.54, 1.807) is 0 Å². The number of nitrogens with one attached hydrogen (secondary N) is 2. The van der Waals surface area contributed by atoms with Gasteiger partial charge in [0.15, 0.2) is 0 Å². The van der Waals surface area contributed by atoms with Crippen molar-refractivity contribution in [2.45, 2.75) is 38.0 Å². The van der Waals surface area contributed by atoms with Gasteiger partial charge in [-0.1, -0.05) is 30.3 Å². The zero-order chi connectivity index (χ0) is 19.2. The van der Waals surface area contributed by atoms with E-state index in [4.69, 9.17) is 0 Å². The van der Waals surface area contributed by atoms with Gasteiger partial charge >= 0.3 is 0 Å². The minimum Gasteiger partial charge on any atom is -0.371 e. The largest absolute Gasteiger partial charge is 0.371 e. The maximum atomic E-state index is 12.4. The van der Waals surface area contributed by atoms with Gasteiger partial charge in [-0.15, -0.1) is 0 Å². The average Bonchev–Trinajstić information content (AvgIpc) is 2.77. The summed E-state index contributed by atoms with van der Waals surface area (Å²) in [5.41, 5.74) is 4.92. The molecule has 2 heterocycles. The number of carbonyl (C=O) groups is 1. The summed E-state index contributed by atoms with van der Waals surface area (Å²) in [6.45, 7) is 4.99. The van der Waals surface area contributed by atoms with Crippen molar-refractivity contribution in [1.82, 2.24) is 10.6 Å². The molecule has 0 radical (unpaired) electrons. The highest BCUT2D eigenvalue weighted by Gasteiger charge is 2.17. The summed E-state index contributed by atoms with van der Waals surface area (Å²) >= 11 is 0. The van der Waals surface area contributed by atoms with Crippen LogP contribution in [-0.2, 0) is 6.42 Å². The molecule has 4 heteroatoms. The number of benzene rings is 2. The van der Waals surface area contributed by atoms with Crippen molar-refractivity contribution in [3.8, 4) is 0 Å². The highest BCUT2D eigenvalue weighted by Crippen LogP contribution is 2.26. The van der Waals surface area contributed by atoms with Gasteiger partial charge in [-0.3, -0.25) is 4.79 Å². The molecule has 2 N–H and O–H groups in total. The second-order valence-corrected chi connectivity index (χ2v) is 7.99. The van der Waals surface area contributed by atoms with Gasteiger partial charge in [0.25, 0.3) is 5.91 Å². The number of nitrogens with zero attached hydrogens (tertiary/aromatic N) is 1. The van der Waals surface area contributed by atoms with E-state index in [-0.39, 0.29) is 5.91 Å². The predicted molar refractivity (Wildman–Crippen MR) is 115 cm³/mol. The molecule has 1 saturated heterocycles. The lowest BCUT2D eigenvalue weighted by Gasteiger charge is -2.31. The van der Waals surface area contributed by atoms with Crippen LogP contribution >= 0.6 is 0 Å². The first-order chi connectivity index (χ1) is 13.8. The van der Waals surface area contributed by atoms with Crippen molar-refractivity contribution in [3.63, 3.8) is 0 Å². The van der Waals surface area contributed by atoms with Crippen LogP contribution in [0.4, 0.5) is 5.69 Å². The molecule has 0 aliphatic carbocycles. The van der Waals surface area contributed by atoms with Gasteiger partial charge in [-0.05, 0) is 73.9 Å². The van der Waals surface area contributed by atoms with Crippen molar-refractivity contribution < 1.29 is 4.79 Å². The number of aryl methyl sites for hydroxylation is 1. The molecular weight excluding hydrogens is 346 g/mol. The molecule has 1 fully saturated rings. The first-order valence-electron chi connectivity index (χ1n) is 10.7. The van der Waals surface area contributed by atoms with Crippen LogP contribution in [-0.4, -0.2) is 38.6 Å². The lowest BCUT2D eigenvalue weighted by atomic mass is 9.91. The summed E-state index contributed by atoms with van der Waals surface area (Å²) in [5, 5.41) is 6.54. The van der Waals surface area contributed by atoms with Gasteiger partial charge in [0.05, 0.1) is 0 Å². The number of rotatable bonds is 6. The number of amides is 1. The molecule has 2 aliphatic rings. The van der Waals surface area contributed by atoms with Gasteiger partial charge in [-0.2, -0.15) is 0 Å². The summed E-state index contributed by atoms with van der Waals surface area (Å²) in [6, 6.07) is 16.9. The number of fused-ring (bicyclic) bond motifs is 1. The van der Waals surface area contributed by atoms with E-state index in [2.05, 4.69) is 51.9 Å². The number of anilines is 1. The summed E-state index contributed by atoms with van der Waals surface area (Å²) in [5.74, 6) is 0.616. The minimum atomic E-state index is 0.0346. The minimum absolute atomic E-state index is 0.0346. The number of hydrogen-bond acceptors (Lipinski definition) is 3. The zero-order valence-corrected chi connectivity index (χ0v) is 16.6. The third-order valence-electron chi connectivity index (χ3n) is 6.04. The SMILES string of the molecule is O=C(NCCCN1CCCc2ccccc21)c1ccc([C@H]2CCCNC2)cc1. The fourth-order valence-corrected chi connectivity index (χ4v) is 4.46. The second-order valence-electron chi connectivity index (χ2n) is 7.99. The van der Waals surface area contributed by atoms with Crippen molar-refractivity contribution >= 4 is 11.6 Å². The maximum absolute atomic E-state index is 12.4. The fraction of sp³-hybridized carbons (Fsp3) is 0.458. The Bertz CT molecular complexity index is 781. The highest BCUT2D eigenvalue weighted by atomic mass is 16.1. The number of hydrogen-bond donors (Lipinski definition) is 2. The molecule has 2 aromatic carbocycles. The summed E-state index contributed by atoms with van der Waals surface area (Å²) in [4.78, 5) is 14.9. The third-order valence-corrected chi connectivity index (χ3v) is 6.04. The Morgan fingerprint density at radius 2 is 1.96 bits per heavy atom. The molecule has 1 atom stereocenters. The second kappa shape index (κ2) is 9.24. The van der Waals surface area contributed by atoms with Crippen LogP contribution < -0.4 is 15.5 Å². The van der Waals surface area contributed by atoms with Gasteiger partial charge in [0.2, 0.25) is 0 Å². The van der Waals surface area contributed by atoms with E-state index in [0.717, 1.165) is 38.2 Å². The molecule has 148 valence electrons. The van der Waals surface area contributed by atoms with Crippen LogP contribution in [0.5, 0.6) is 0 Å². The Hall–Kier alpha value is -2.33. The number of piperidine rings is 1. The first-order valence-corrected chi connectivity index (χ1v) is 10.7. The predicted octanol–water partition coefficient (Wildman–Crippen LogP) is 3.73. The fourth-order valence-electron chi connectivity index (χ4n) is 4.46. The van der Waals surface area contributed by atoms with Gasteiger partial charge < -0.3 is 15.5 Å². The van der Waals surface area contributed by atoms with Crippen LogP contribution in [0, 0.1) is 0 Å². The van der Waals surface area contributed by atoms with Crippen LogP contribution in [0.3, 0.4) is 0 Å². The summed E-state index contributed by atoms with van der Waals surface area (Å²) < 4.78 is 0. The molecule has 0 spiro atoms. The molecular formula is C24H31N3O. The topological polar surface area (TPSA) is 44.4 Å². The monoisotopic (exact) mass is 377 g/mol. The normalized spacial score (nSPS) is 19.1. The number of carbonyl (C=O) groups excluding carboxylic acids is 1. The van der Waals surface area contributed by atoms with E-state index in [1.165, 1.54) is 42.5 Å². The Morgan fingerprint density at radius 3 is 2.79 bits per heavy atom. The van der Waals surface area contributed by atoms with Gasteiger partial charge in [-0.25, -0.2) is 0 Å². The van der Waals surface area contributed by atoms with E-state index >= 15 is 0 Å². The van der Waals surface area contributed by atoms with Gasteiger partial charge in [0, 0.05) is 37.4 Å². The van der Waals surface area contributed by atoms with Crippen LogP contribution in [0.25, 0.3) is 0 Å². The maximum Gasteiger partial charge on any atom is 0.251 e. The summed E-state index contributed by atoms with van der Waals surface area (Å²) in [7, 11) is 0. The smallest absolute Gasteiger partial charge is 0.251 e. The van der Waals surface area contributed by atoms with Crippen molar-refractivity contribution in [2.75, 3.05) is 37.6 Å². The van der Waals surface area contributed by atoms with Crippen molar-refractivity contribution in [2.24, 2.45) is 0 Å². The molecule has 0 bridgehead atoms. The van der Waals surface area contributed by atoms with E-state index in [0.29, 0.717) is 12.5 Å². The Kier molecular flexibility index (Phi) is 6.27. The van der Waals surface area contributed by atoms with E-state index in [9.17, 15) is 4.79 Å². The lowest BCUT2D eigenvalue weighted by Crippen LogP contribution is -2.33. The highest BCUT2D eigenvalue weighted by molar-refractivity contribution is 5.94. The molecule has 4 rings (SSSR count). The molecule has 4 nitrogen and oxygen atoms in total. The zero-order valence-electron chi connectivity index (χ0n) is 16.6. The summed E-state index contributed by atoms with van der Waals surface area (Å²) in [6.07, 6.45) is 5.82. The average molecular weight is 378 g/mol. The van der Waals surface area contributed by atoms with Crippen LogP contribution in [0.1, 0.15) is 53.1 Å². The van der Waals surface area contributed by atoms with E-state index < -0.39 is 0 Å².